The van der Waals surface area contributed by atoms with Crippen LogP contribution in [0.3, 0.4) is 0 Å². The van der Waals surface area contributed by atoms with Gasteiger partial charge in [0.25, 0.3) is 0 Å². The molecule has 2 atom stereocenters. The average Bonchev–Trinajstić information content (AvgIpc) is 3.53. The molecule has 4 aromatic rings. The molecule has 0 saturated carbocycles. The van der Waals surface area contributed by atoms with Gasteiger partial charge >= 0.3 is 11.9 Å². The lowest BCUT2D eigenvalue weighted by molar-refractivity contribution is -0.139. The van der Waals surface area contributed by atoms with Crippen LogP contribution in [0, 0.1) is 0 Å². The predicted molar refractivity (Wildman–Crippen MR) is 191 cm³/mol. The van der Waals surface area contributed by atoms with Crippen LogP contribution >= 0.6 is 0 Å². The van der Waals surface area contributed by atoms with Gasteiger partial charge in [0.1, 0.15) is 12.7 Å². The van der Waals surface area contributed by atoms with Crippen molar-refractivity contribution in [3.63, 3.8) is 0 Å². The van der Waals surface area contributed by atoms with E-state index in [4.69, 9.17) is 33.2 Å². The maximum atomic E-state index is 12.9. The van der Waals surface area contributed by atoms with Gasteiger partial charge in [0, 0.05) is 17.7 Å². The monoisotopic (exact) mass is 712 g/mol. The second-order valence-electron chi connectivity index (χ2n) is 11.7. The van der Waals surface area contributed by atoms with Crippen LogP contribution < -0.4 is 23.7 Å². The van der Waals surface area contributed by atoms with Crippen LogP contribution in [0.4, 0.5) is 0 Å². The Morgan fingerprint density at radius 2 is 1.21 bits per heavy atom. The van der Waals surface area contributed by atoms with Crippen molar-refractivity contribution in [2.45, 2.75) is 24.9 Å². The third-order valence-corrected chi connectivity index (χ3v) is 8.40. The summed E-state index contributed by atoms with van der Waals surface area (Å²) in [6.07, 6.45) is 6.16. The van der Waals surface area contributed by atoms with Crippen LogP contribution in [0.1, 0.15) is 46.3 Å². The lowest BCUT2D eigenvalue weighted by Gasteiger charge is -2.20. The van der Waals surface area contributed by atoms with Gasteiger partial charge in [0.15, 0.2) is 46.0 Å². The molecule has 0 aromatic heterocycles. The Morgan fingerprint density at radius 1 is 0.673 bits per heavy atom. The van der Waals surface area contributed by atoms with E-state index in [2.05, 4.69) is 0 Å². The van der Waals surface area contributed by atoms with Crippen molar-refractivity contribution in [2.24, 2.45) is 0 Å². The van der Waals surface area contributed by atoms with Gasteiger partial charge in [-0.05, 0) is 89.7 Å². The van der Waals surface area contributed by atoms with Crippen LogP contribution in [0.25, 0.3) is 12.2 Å². The first-order valence-electron chi connectivity index (χ1n) is 16.3. The molecule has 272 valence electrons. The number of ether oxygens (including phenoxy) is 7. The highest BCUT2D eigenvalue weighted by atomic mass is 16.5. The van der Waals surface area contributed by atoms with E-state index in [1.54, 1.807) is 48.6 Å². The molecule has 52 heavy (non-hydrogen) atoms. The molecule has 0 fully saturated rings. The van der Waals surface area contributed by atoms with Gasteiger partial charge in [-0.25, -0.2) is 9.59 Å². The fraction of sp³-hybridized carbons (Fsp3) is 0.250. The number of fused-ring (bicyclic) bond motifs is 1. The smallest absolute Gasteiger partial charge is 0.330 e. The summed E-state index contributed by atoms with van der Waals surface area (Å²) in [4.78, 5) is 25.3. The normalized spacial score (nSPS) is 14.8. The number of phenols is 3. The molecule has 1 heterocycles. The van der Waals surface area contributed by atoms with Crippen LogP contribution in [-0.2, 0) is 25.5 Å². The van der Waals surface area contributed by atoms with E-state index in [0.29, 0.717) is 46.8 Å². The van der Waals surface area contributed by atoms with E-state index in [1.807, 2.05) is 12.1 Å². The van der Waals surface area contributed by atoms with Crippen LogP contribution in [0.2, 0.25) is 0 Å². The second kappa shape index (κ2) is 17.1. The zero-order chi connectivity index (χ0) is 37.2. The summed E-state index contributed by atoms with van der Waals surface area (Å²) in [5.74, 6) is 0.199. The van der Waals surface area contributed by atoms with Crippen LogP contribution in [0.5, 0.6) is 46.0 Å². The number of hydrogen-bond donors (Lipinski definition) is 3. The molecule has 3 N–H and O–H groups in total. The fourth-order valence-electron chi connectivity index (χ4n) is 5.74. The zero-order valence-corrected chi connectivity index (χ0v) is 29.2. The number of esters is 2. The number of aryl methyl sites for hydroxylation is 1. The molecule has 1 aliphatic rings. The lowest BCUT2D eigenvalue weighted by Crippen LogP contribution is -2.17. The third-order valence-electron chi connectivity index (χ3n) is 8.40. The number of aromatic hydroxyl groups is 3. The Morgan fingerprint density at radius 3 is 1.79 bits per heavy atom. The van der Waals surface area contributed by atoms with E-state index in [-0.39, 0.29) is 42.0 Å². The van der Waals surface area contributed by atoms with Crippen molar-refractivity contribution < 1.29 is 58.1 Å². The summed E-state index contributed by atoms with van der Waals surface area (Å²) >= 11 is 0. The molecule has 0 saturated heterocycles. The first kappa shape index (κ1) is 37.0. The first-order valence-corrected chi connectivity index (χ1v) is 16.3. The Bertz CT molecular complexity index is 1960. The molecule has 12 heteroatoms. The van der Waals surface area contributed by atoms with Crippen molar-refractivity contribution in [3.05, 3.63) is 107 Å². The van der Waals surface area contributed by atoms with E-state index in [0.717, 1.165) is 11.1 Å². The van der Waals surface area contributed by atoms with Crippen molar-refractivity contribution in [1.82, 2.24) is 0 Å². The van der Waals surface area contributed by atoms with Gasteiger partial charge in [-0.1, -0.05) is 24.3 Å². The minimum absolute atomic E-state index is 0.00112. The molecule has 0 unspecified atom stereocenters. The second-order valence-corrected chi connectivity index (χ2v) is 11.7. The molecular weight excluding hydrogens is 672 g/mol. The average molecular weight is 713 g/mol. The molecule has 4 aromatic carbocycles. The summed E-state index contributed by atoms with van der Waals surface area (Å²) in [6.45, 7) is 0.112. The van der Waals surface area contributed by atoms with Gasteiger partial charge in [-0.2, -0.15) is 0 Å². The highest BCUT2D eigenvalue weighted by Gasteiger charge is 2.39. The highest BCUT2D eigenvalue weighted by molar-refractivity contribution is 5.87. The van der Waals surface area contributed by atoms with Crippen molar-refractivity contribution in [3.8, 4) is 46.0 Å². The zero-order valence-electron chi connectivity index (χ0n) is 29.2. The maximum absolute atomic E-state index is 12.9. The quantitative estimate of drug-likeness (QED) is 0.0699. The molecule has 0 spiro atoms. The van der Waals surface area contributed by atoms with Crippen molar-refractivity contribution in [2.75, 3.05) is 41.7 Å². The predicted octanol–water partition coefficient (Wildman–Crippen LogP) is 6.50. The van der Waals surface area contributed by atoms with E-state index in [1.165, 1.54) is 58.8 Å². The molecule has 5 rings (SSSR count). The van der Waals surface area contributed by atoms with Gasteiger partial charge in [0.2, 0.25) is 0 Å². The summed E-state index contributed by atoms with van der Waals surface area (Å²) in [7, 11) is 5.87. The van der Waals surface area contributed by atoms with Crippen LogP contribution in [-0.4, -0.2) is 68.9 Å². The minimum Gasteiger partial charge on any atom is -0.504 e. The summed E-state index contributed by atoms with van der Waals surface area (Å²) < 4.78 is 38.9. The van der Waals surface area contributed by atoms with Crippen molar-refractivity contribution in [1.29, 1.82) is 0 Å². The Labute approximate surface area is 301 Å². The minimum atomic E-state index is -0.618. The SMILES string of the molecule is COc1cc(C=CC(=O)OCCCc2cc(OC)c3c(c2)[C@@H](COC(=O)C=Cc2ccc(O)c(OC)c2)[C@H](c2ccc(O)c(OC)c2)O3)ccc1O. The van der Waals surface area contributed by atoms with E-state index < -0.39 is 24.0 Å². The van der Waals surface area contributed by atoms with Crippen LogP contribution in [0.15, 0.2) is 78.9 Å². The molecule has 0 radical (unpaired) electrons. The Hall–Kier alpha value is -6.30. The summed E-state index contributed by atoms with van der Waals surface area (Å²) in [5, 5.41) is 29.9. The molecule has 0 aliphatic carbocycles. The van der Waals surface area contributed by atoms with Gasteiger partial charge < -0.3 is 48.5 Å². The highest BCUT2D eigenvalue weighted by Crippen LogP contribution is 2.52. The molecule has 0 amide bonds. The number of carbonyl (C=O) groups is 2. The number of phenolic OH excluding ortho intramolecular Hbond substituents is 3. The van der Waals surface area contributed by atoms with Gasteiger partial charge in [-0.15, -0.1) is 0 Å². The summed E-state index contributed by atoms with van der Waals surface area (Å²) in [6, 6.07) is 18.2. The number of benzene rings is 4. The Balaban J connectivity index is 1.30. The number of methoxy groups -OCH3 is 4. The fourth-order valence-corrected chi connectivity index (χ4v) is 5.74. The molecule has 0 bridgehead atoms. The number of carbonyl (C=O) groups excluding carboxylic acids is 2. The number of rotatable bonds is 15. The van der Waals surface area contributed by atoms with E-state index in [9.17, 15) is 24.9 Å². The topological polar surface area (TPSA) is 159 Å². The largest absolute Gasteiger partial charge is 0.504 e. The number of hydrogen-bond acceptors (Lipinski definition) is 12. The maximum Gasteiger partial charge on any atom is 0.330 e. The van der Waals surface area contributed by atoms with Gasteiger partial charge in [0.05, 0.1) is 41.0 Å². The van der Waals surface area contributed by atoms with E-state index >= 15 is 0 Å². The Kier molecular flexibility index (Phi) is 12.1. The molecular formula is C40H40O12. The standard InChI is InChI=1S/C40H40O12/c1-46-33-19-24(7-12-30(33)41)9-15-37(44)50-17-5-6-26-18-28-29(23-51-38(45)16-10-25-8-13-31(42)34(20-25)47-2)39(52-40(28)36(21-26)49-4)27-11-14-32(43)35(22-27)48-3/h7-16,18-22,29,39,41-43H,5-6,17,23H2,1-4H3/t29-,39+/m1/s1. The summed E-state index contributed by atoms with van der Waals surface area (Å²) in [5.41, 5.74) is 3.63. The third kappa shape index (κ3) is 8.88. The molecule has 12 nitrogen and oxygen atoms in total. The first-order chi connectivity index (χ1) is 25.1. The van der Waals surface area contributed by atoms with Crippen molar-refractivity contribution >= 4 is 24.1 Å². The van der Waals surface area contributed by atoms with Gasteiger partial charge in [-0.3, -0.25) is 0 Å². The lowest BCUT2D eigenvalue weighted by atomic mass is 9.90. The molecule has 1 aliphatic heterocycles.